The molecule has 1 atom stereocenters. The summed E-state index contributed by atoms with van der Waals surface area (Å²) >= 11 is 5.73. The van der Waals surface area contributed by atoms with E-state index in [0.29, 0.717) is 11.3 Å². The first-order chi connectivity index (χ1) is 11.3. The molecule has 4 nitrogen and oxygen atoms in total. The monoisotopic (exact) mass is 346 g/mol. The average molecular weight is 347 g/mol. The fourth-order valence-corrected chi connectivity index (χ4v) is 2.44. The Morgan fingerprint density at radius 2 is 1.67 bits per heavy atom. The largest absolute Gasteiger partial charge is 0.480 e. The van der Waals surface area contributed by atoms with Gasteiger partial charge in [0.2, 0.25) is 5.78 Å². The Morgan fingerprint density at radius 1 is 1.08 bits per heavy atom. The van der Waals surface area contributed by atoms with Crippen molar-refractivity contribution in [1.29, 1.82) is 0 Å². The van der Waals surface area contributed by atoms with Crippen LogP contribution in [0.15, 0.2) is 54.6 Å². The zero-order valence-electron chi connectivity index (χ0n) is 13.5. The molecule has 2 rings (SSSR count). The van der Waals surface area contributed by atoms with Crippen LogP contribution < -0.4 is 4.74 Å². The summed E-state index contributed by atoms with van der Waals surface area (Å²) in [6.07, 6.45) is 0.226. The Hall–Kier alpha value is -2.33. The van der Waals surface area contributed by atoms with Crippen LogP contribution in [-0.4, -0.2) is 27.8 Å². The highest BCUT2D eigenvalue weighted by Crippen LogP contribution is 2.23. The van der Waals surface area contributed by atoms with Gasteiger partial charge in [0.25, 0.3) is 0 Å². The van der Waals surface area contributed by atoms with Gasteiger partial charge < -0.3 is 9.84 Å². The lowest BCUT2D eigenvalue weighted by Gasteiger charge is -2.25. The van der Waals surface area contributed by atoms with Gasteiger partial charge >= 0.3 is 5.97 Å². The molecule has 0 bridgehead atoms. The number of halogens is 1. The number of carbonyl (C=O) groups is 2. The molecular formula is C19H19ClO4. The van der Waals surface area contributed by atoms with Crippen molar-refractivity contribution in [2.75, 3.05) is 0 Å². The molecule has 0 aliphatic heterocycles. The summed E-state index contributed by atoms with van der Waals surface area (Å²) in [7, 11) is 0. The number of hydrogen-bond acceptors (Lipinski definition) is 3. The van der Waals surface area contributed by atoms with Crippen LogP contribution in [0.3, 0.4) is 0 Å². The second-order valence-corrected chi connectivity index (χ2v) is 6.49. The Morgan fingerprint density at radius 3 is 2.21 bits per heavy atom. The summed E-state index contributed by atoms with van der Waals surface area (Å²) in [6.45, 7) is 3.44. The molecule has 0 fully saturated rings. The molecule has 2 aromatic rings. The minimum absolute atomic E-state index is 0.112. The fourth-order valence-electron chi connectivity index (χ4n) is 2.27. The number of Topliss-reactive ketones (excluding diaryl/α,β-unsaturated/α-hetero) is 1. The molecule has 0 saturated heterocycles. The van der Waals surface area contributed by atoms with Crippen molar-refractivity contribution in [2.24, 2.45) is 0 Å². The molecular weight excluding hydrogens is 328 g/mol. The third kappa shape index (κ3) is 4.59. The highest BCUT2D eigenvalue weighted by atomic mass is 35.5. The highest BCUT2D eigenvalue weighted by Gasteiger charge is 2.30. The second kappa shape index (κ2) is 7.49. The number of benzene rings is 2. The number of rotatable bonds is 7. The van der Waals surface area contributed by atoms with Gasteiger partial charge in [-0.2, -0.15) is 0 Å². The standard InChI is InChI=1S/C19H19ClO4/c1-19(2,17(21)14-6-4-3-5-7-14)24-15-10-8-13(9-11-15)12-16(20)18(22)23/h3-11,16H,12H2,1-2H3,(H,22,23). The van der Waals surface area contributed by atoms with E-state index in [1.165, 1.54) is 0 Å². The van der Waals surface area contributed by atoms with Crippen LogP contribution in [0.1, 0.15) is 29.8 Å². The van der Waals surface area contributed by atoms with Crippen molar-refractivity contribution in [2.45, 2.75) is 31.2 Å². The highest BCUT2D eigenvalue weighted by molar-refractivity contribution is 6.29. The zero-order valence-corrected chi connectivity index (χ0v) is 14.3. The van der Waals surface area contributed by atoms with E-state index < -0.39 is 16.9 Å². The zero-order chi connectivity index (χ0) is 17.7. The molecule has 0 amide bonds. The summed E-state index contributed by atoms with van der Waals surface area (Å²) in [5.74, 6) is -0.625. The number of hydrogen-bond donors (Lipinski definition) is 1. The first-order valence-corrected chi connectivity index (χ1v) is 7.98. The lowest BCUT2D eigenvalue weighted by molar-refractivity contribution is -0.136. The van der Waals surface area contributed by atoms with Crippen LogP contribution in [0.2, 0.25) is 0 Å². The van der Waals surface area contributed by atoms with Crippen molar-refractivity contribution in [1.82, 2.24) is 0 Å². The molecule has 0 saturated carbocycles. The van der Waals surface area contributed by atoms with Gasteiger partial charge in [-0.3, -0.25) is 9.59 Å². The van der Waals surface area contributed by atoms with Gasteiger partial charge in [-0.05, 0) is 38.0 Å². The van der Waals surface area contributed by atoms with Gasteiger partial charge in [-0.15, -0.1) is 11.6 Å². The van der Waals surface area contributed by atoms with E-state index >= 15 is 0 Å². The molecule has 1 N–H and O–H groups in total. The van der Waals surface area contributed by atoms with E-state index in [0.717, 1.165) is 5.56 Å². The molecule has 0 heterocycles. The SMILES string of the molecule is CC(C)(Oc1ccc(CC(Cl)C(=O)O)cc1)C(=O)c1ccccc1. The first kappa shape index (κ1) is 18.0. The van der Waals surface area contributed by atoms with Gasteiger partial charge in [-0.25, -0.2) is 0 Å². The molecule has 24 heavy (non-hydrogen) atoms. The number of aliphatic carboxylic acids is 1. The van der Waals surface area contributed by atoms with Gasteiger partial charge in [0, 0.05) is 5.56 Å². The van der Waals surface area contributed by atoms with E-state index in [-0.39, 0.29) is 12.2 Å². The van der Waals surface area contributed by atoms with Gasteiger partial charge in [-0.1, -0.05) is 42.5 Å². The maximum absolute atomic E-state index is 12.6. The minimum atomic E-state index is -1.05. The second-order valence-electron chi connectivity index (χ2n) is 5.96. The number of carboxylic acids is 1. The molecule has 126 valence electrons. The van der Waals surface area contributed by atoms with Crippen molar-refractivity contribution in [3.63, 3.8) is 0 Å². The summed E-state index contributed by atoms with van der Waals surface area (Å²) in [5, 5.41) is 7.86. The lowest BCUT2D eigenvalue weighted by Crippen LogP contribution is -2.38. The van der Waals surface area contributed by atoms with Crippen LogP contribution in [0.5, 0.6) is 5.75 Å². The van der Waals surface area contributed by atoms with Crippen LogP contribution in [-0.2, 0) is 11.2 Å². The fraction of sp³-hybridized carbons (Fsp3) is 0.263. The Bertz CT molecular complexity index is 708. The topological polar surface area (TPSA) is 63.6 Å². The van der Waals surface area contributed by atoms with Crippen LogP contribution >= 0.6 is 11.6 Å². The molecule has 1 unspecified atom stereocenters. The summed E-state index contributed by atoms with van der Waals surface area (Å²) < 4.78 is 5.83. The van der Waals surface area contributed by atoms with Crippen LogP contribution in [0.4, 0.5) is 0 Å². The van der Waals surface area contributed by atoms with E-state index in [1.54, 1.807) is 50.2 Å². The lowest BCUT2D eigenvalue weighted by atomic mass is 9.96. The Balaban J connectivity index is 2.07. The predicted octanol–water partition coefficient (Wildman–Crippen LogP) is 3.96. The molecule has 2 aromatic carbocycles. The average Bonchev–Trinajstić information content (AvgIpc) is 2.56. The third-order valence-corrected chi connectivity index (χ3v) is 3.90. The molecule has 0 aromatic heterocycles. The van der Waals surface area contributed by atoms with Crippen molar-refractivity contribution < 1.29 is 19.4 Å². The smallest absolute Gasteiger partial charge is 0.321 e. The van der Waals surface area contributed by atoms with Crippen LogP contribution in [0, 0.1) is 0 Å². The van der Waals surface area contributed by atoms with Crippen LogP contribution in [0.25, 0.3) is 0 Å². The number of carbonyl (C=O) groups excluding carboxylic acids is 1. The maximum Gasteiger partial charge on any atom is 0.321 e. The van der Waals surface area contributed by atoms with Crippen molar-refractivity contribution in [3.05, 3.63) is 65.7 Å². The van der Waals surface area contributed by atoms with E-state index in [9.17, 15) is 9.59 Å². The first-order valence-electron chi connectivity index (χ1n) is 7.54. The predicted molar refractivity (Wildman–Crippen MR) is 92.9 cm³/mol. The number of ketones is 1. The molecule has 0 aliphatic carbocycles. The molecule has 0 radical (unpaired) electrons. The molecule has 0 aliphatic rings. The van der Waals surface area contributed by atoms with Crippen molar-refractivity contribution >= 4 is 23.4 Å². The number of alkyl halides is 1. The van der Waals surface area contributed by atoms with E-state index in [4.69, 9.17) is 21.4 Å². The minimum Gasteiger partial charge on any atom is -0.480 e. The van der Waals surface area contributed by atoms with Crippen molar-refractivity contribution in [3.8, 4) is 5.75 Å². The Kier molecular flexibility index (Phi) is 5.62. The Labute approximate surface area is 146 Å². The van der Waals surface area contributed by atoms with Gasteiger partial charge in [0.1, 0.15) is 11.1 Å². The normalized spacial score (nSPS) is 12.5. The summed E-state index contributed by atoms with van der Waals surface area (Å²) in [4.78, 5) is 23.3. The quantitative estimate of drug-likeness (QED) is 0.608. The third-order valence-electron chi connectivity index (χ3n) is 3.56. The maximum atomic E-state index is 12.6. The van der Waals surface area contributed by atoms with E-state index in [1.807, 2.05) is 18.2 Å². The summed E-state index contributed by atoms with van der Waals surface area (Å²) in [6, 6.07) is 15.9. The summed E-state index contributed by atoms with van der Waals surface area (Å²) in [5.41, 5.74) is 0.362. The van der Waals surface area contributed by atoms with E-state index in [2.05, 4.69) is 0 Å². The van der Waals surface area contributed by atoms with Gasteiger partial charge in [0.15, 0.2) is 5.60 Å². The molecule has 0 spiro atoms. The number of carboxylic acid groups (broad SMARTS) is 1. The number of ether oxygens (including phenoxy) is 1. The molecule has 5 heteroatoms. The van der Waals surface area contributed by atoms with Gasteiger partial charge in [0.05, 0.1) is 0 Å².